The minimum atomic E-state index is 0.681. The van der Waals surface area contributed by atoms with Crippen LogP contribution in [0, 0.1) is 0 Å². The normalized spacial score (nSPS) is 10.1. The molecule has 0 spiro atoms. The fourth-order valence-corrected chi connectivity index (χ4v) is 2.56. The quantitative estimate of drug-likeness (QED) is 0.632. The first-order chi connectivity index (χ1) is 12.2. The second-order valence-corrected chi connectivity index (χ2v) is 6.10. The summed E-state index contributed by atoms with van der Waals surface area (Å²) in [7, 11) is 1.98. The number of thiocarbonyl (C=S) groups is 1. The molecule has 0 atom stereocenters. The van der Waals surface area contributed by atoms with E-state index in [-0.39, 0.29) is 0 Å². The van der Waals surface area contributed by atoms with E-state index in [4.69, 9.17) is 17.0 Å². The van der Waals surface area contributed by atoms with Crippen molar-refractivity contribution in [1.29, 1.82) is 0 Å². The van der Waals surface area contributed by atoms with Crippen molar-refractivity contribution in [2.24, 2.45) is 0 Å². The highest BCUT2D eigenvalue weighted by Gasteiger charge is 2.06. The fraction of sp³-hybridized carbons (Fsp3) is 0.0952. The zero-order chi connectivity index (χ0) is 17.5. The van der Waals surface area contributed by atoms with Gasteiger partial charge in [0.1, 0.15) is 11.5 Å². The molecule has 0 aromatic heterocycles. The van der Waals surface area contributed by atoms with E-state index in [1.165, 1.54) is 5.56 Å². The summed E-state index contributed by atoms with van der Waals surface area (Å²) in [5.41, 5.74) is 2.16. The van der Waals surface area contributed by atoms with Crippen LogP contribution in [0.2, 0.25) is 0 Å². The molecule has 126 valence electrons. The number of rotatable bonds is 5. The maximum absolute atomic E-state index is 5.79. The van der Waals surface area contributed by atoms with Crippen molar-refractivity contribution >= 4 is 23.0 Å². The Balaban J connectivity index is 1.56. The van der Waals surface area contributed by atoms with Crippen LogP contribution in [0.5, 0.6) is 11.5 Å². The van der Waals surface area contributed by atoms with Crippen molar-refractivity contribution in [3.8, 4) is 11.5 Å². The first kappa shape index (κ1) is 17.0. The highest BCUT2D eigenvalue weighted by atomic mass is 32.1. The molecule has 3 aromatic rings. The maximum atomic E-state index is 5.79. The van der Waals surface area contributed by atoms with Crippen LogP contribution in [-0.4, -0.2) is 17.1 Å². The number of ether oxygens (including phenoxy) is 1. The minimum Gasteiger partial charge on any atom is -0.457 e. The number of anilines is 1. The van der Waals surface area contributed by atoms with E-state index in [9.17, 15) is 0 Å². The Bertz CT molecular complexity index is 804. The zero-order valence-corrected chi connectivity index (χ0v) is 14.9. The molecule has 3 nitrogen and oxygen atoms in total. The Labute approximate surface area is 153 Å². The fourth-order valence-electron chi connectivity index (χ4n) is 2.38. The number of benzene rings is 3. The molecule has 0 fully saturated rings. The van der Waals surface area contributed by atoms with Crippen LogP contribution < -0.4 is 10.1 Å². The van der Waals surface area contributed by atoms with E-state index in [0.29, 0.717) is 5.11 Å². The molecule has 0 unspecified atom stereocenters. The van der Waals surface area contributed by atoms with E-state index in [1.807, 2.05) is 84.7 Å². The van der Waals surface area contributed by atoms with Gasteiger partial charge in [-0.3, -0.25) is 0 Å². The summed E-state index contributed by atoms with van der Waals surface area (Å²) in [5.74, 6) is 1.61. The van der Waals surface area contributed by atoms with Crippen molar-refractivity contribution in [3.63, 3.8) is 0 Å². The number of nitrogens with zero attached hydrogens (tertiary/aromatic N) is 1. The molecule has 0 saturated heterocycles. The molecule has 1 N–H and O–H groups in total. The van der Waals surface area contributed by atoms with Gasteiger partial charge in [-0.05, 0) is 54.2 Å². The molecule has 4 heteroatoms. The Morgan fingerprint density at radius 2 is 1.40 bits per heavy atom. The maximum Gasteiger partial charge on any atom is 0.173 e. The summed E-state index contributed by atoms with van der Waals surface area (Å²) in [5, 5.41) is 3.94. The van der Waals surface area contributed by atoms with Gasteiger partial charge in [-0.1, -0.05) is 48.5 Å². The van der Waals surface area contributed by atoms with Gasteiger partial charge in [-0.2, -0.15) is 0 Å². The molecule has 25 heavy (non-hydrogen) atoms. The standard InChI is InChI=1S/C21H20N2OS/c1-23(16-17-8-4-2-5-9-17)21(25)22-18-12-14-20(15-13-18)24-19-10-6-3-7-11-19/h2-15H,16H2,1H3,(H,22,25). The Kier molecular flexibility index (Phi) is 5.65. The highest BCUT2D eigenvalue weighted by molar-refractivity contribution is 7.80. The van der Waals surface area contributed by atoms with Crippen LogP contribution in [-0.2, 0) is 6.54 Å². The van der Waals surface area contributed by atoms with Crippen LogP contribution in [0.4, 0.5) is 5.69 Å². The van der Waals surface area contributed by atoms with Crippen molar-refractivity contribution in [2.45, 2.75) is 6.54 Å². The predicted molar refractivity (Wildman–Crippen MR) is 107 cm³/mol. The highest BCUT2D eigenvalue weighted by Crippen LogP contribution is 2.22. The van der Waals surface area contributed by atoms with Crippen LogP contribution in [0.1, 0.15) is 5.56 Å². The molecule has 3 rings (SSSR count). The molecular weight excluding hydrogens is 328 g/mol. The number of para-hydroxylation sites is 1. The topological polar surface area (TPSA) is 24.5 Å². The summed E-state index contributed by atoms with van der Waals surface area (Å²) in [6.07, 6.45) is 0. The largest absolute Gasteiger partial charge is 0.457 e. The molecule has 0 aliphatic carbocycles. The van der Waals surface area contributed by atoms with E-state index < -0.39 is 0 Å². The molecule has 0 radical (unpaired) electrons. The van der Waals surface area contributed by atoms with Crippen molar-refractivity contribution in [3.05, 3.63) is 90.5 Å². The van der Waals surface area contributed by atoms with E-state index in [0.717, 1.165) is 23.7 Å². The average molecular weight is 348 g/mol. The summed E-state index contributed by atoms with van der Waals surface area (Å²) in [6, 6.07) is 27.8. The third-order valence-electron chi connectivity index (χ3n) is 3.69. The van der Waals surface area contributed by atoms with Crippen LogP contribution in [0.15, 0.2) is 84.9 Å². The second kappa shape index (κ2) is 8.31. The SMILES string of the molecule is CN(Cc1ccccc1)C(=S)Nc1ccc(Oc2ccccc2)cc1. The van der Waals surface area contributed by atoms with Crippen molar-refractivity contribution in [1.82, 2.24) is 4.90 Å². The predicted octanol–water partition coefficient (Wildman–Crippen LogP) is 5.31. The summed E-state index contributed by atoms with van der Waals surface area (Å²) in [6.45, 7) is 0.766. The Morgan fingerprint density at radius 1 is 0.840 bits per heavy atom. The van der Waals surface area contributed by atoms with Crippen LogP contribution >= 0.6 is 12.2 Å². The number of hydrogen-bond acceptors (Lipinski definition) is 2. The summed E-state index contributed by atoms with van der Waals surface area (Å²) < 4.78 is 5.79. The third kappa shape index (κ3) is 5.06. The molecule has 0 saturated carbocycles. The van der Waals surface area contributed by atoms with E-state index >= 15 is 0 Å². The monoisotopic (exact) mass is 348 g/mol. The smallest absolute Gasteiger partial charge is 0.173 e. The summed E-state index contributed by atoms with van der Waals surface area (Å²) in [4.78, 5) is 2.01. The average Bonchev–Trinajstić information content (AvgIpc) is 2.65. The molecule has 3 aromatic carbocycles. The van der Waals surface area contributed by atoms with Gasteiger partial charge in [0.25, 0.3) is 0 Å². The lowest BCUT2D eigenvalue weighted by atomic mass is 10.2. The molecule has 0 amide bonds. The van der Waals surface area contributed by atoms with Crippen molar-refractivity contribution < 1.29 is 4.74 Å². The zero-order valence-electron chi connectivity index (χ0n) is 14.1. The van der Waals surface area contributed by atoms with Gasteiger partial charge in [0.05, 0.1) is 0 Å². The van der Waals surface area contributed by atoms with Gasteiger partial charge in [0.2, 0.25) is 0 Å². The van der Waals surface area contributed by atoms with Crippen LogP contribution in [0.3, 0.4) is 0 Å². The second-order valence-electron chi connectivity index (χ2n) is 5.71. The summed E-state index contributed by atoms with van der Waals surface area (Å²) >= 11 is 5.48. The lowest BCUT2D eigenvalue weighted by Crippen LogP contribution is -2.30. The van der Waals surface area contributed by atoms with Gasteiger partial charge in [0.15, 0.2) is 5.11 Å². The molecular formula is C21H20N2OS. The lowest BCUT2D eigenvalue weighted by molar-refractivity contribution is 0.483. The Hall–Kier alpha value is -2.85. The number of nitrogens with one attached hydrogen (secondary N) is 1. The molecule has 0 bridgehead atoms. The number of hydrogen-bond donors (Lipinski definition) is 1. The molecule has 0 heterocycles. The first-order valence-corrected chi connectivity index (χ1v) is 8.50. The van der Waals surface area contributed by atoms with Crippen LogP contribution in [0.25, 0.3) is 0 Å². The first-order valence-electron chi connectivity index (χ1n) is 8.10. The van der Waals surface area contributed by atoms with E-state index in [1.54, 1.807) is 0 Å². The van der Waals surface area contributed by atoms with Gasteiger partial charge in [0, 0.05) is 19.3 Å². The van der Waals surface area contributed by atoms with Gasteiger partial charge in [-0.15, -0.1) is 0 Å². The van der Waals surface area contributed by atoms with E-state index in [2.05, 4.69) is 17.4 Å². The van der Waals surface area contributed by atoms with Gasteiger partial charge in [-0.25, -0.2) is 0 Å². The minimum absolute atomic E-state index is 0.681. The molecule has 0 aliphatic rings. The Morgan fingerprint density at radius 3 is 2.04 bits per heavy atom. The molecule has 0 aliphatic heterocycles. The van der Waals surface area contributed by atoms with Gasteiger partial charge >= 0.3 is 0 Å². The third-order valence-corrected chi connectivity index (χ3v) is 4.11. The van der Waals surface area contributed by atoms with Gasteiger partial charge < -0.3 is 15.0 Å². The lowest BCUT2D eigenvalue weighted by Gasteiger charge is -2.21. The van der Waals surface area contributed by atoms with Crippen molar-refractivity contribution in [2.75, 3.05) is 12.4 Å².